The van der Waals surface area contributed by atoms with Crippen LogP contribution in [0.15, 0.2) is 33.8 Å². The smallest absolute Gasteiger partial charge is 0.190 e. The molecule has 0 saturated carbocycles. The largest absolute Gasteiger partial charge is 0.361 e. The predicted molar refractivity (Wildman–Crippen MR) is 121 cm³/mol. The number of aromatic amines is 1. The molecule has 0 unspecified atom stereocenters. The quantitative estimate of drug-likeness (QED) is 0.286. The van der Waals surface area contributed by atoms with Crippen molar-refractivity contribution < 1.29 is 4.52 Å². The fraction of sp³-hybridized carbons (Fsp3) is 0.400. The Labute approximate surface area is 177 Å². The first-order valence-electron chi connectivity index (χ1n) is 9.02. The molecule has 2 aromatic heterocycles. The summed E-state index contributed by atoms with van der Waals surface area (Å²) in [7, 11) is 1.79. The van der Waals surface area contributed by atoms with Crippen LogP contribution in [-0.2, 0) is 12.8 Å². The van der Waals surface area contributed by atoms with Crippen molar-refractivity contribution in [3.8, 4) is 0 Å². The maximum atomic E-state index is 5.21. The molecule has 3 rings (SSSR count). The molecule has 2 heterocycles. The van der Waals surface area contributed by atoms with Crippen molar-refractivity contribution in [3.05, 3.63) is 52.5 Å². The second kappa shape index (κ2) is 9.77. The molecule has 0 bridgehead atoms. The highest BCUT2D eigenvalue weighted by Gasteiger charge is 2.10. The van der Waals surface area contributed by atoms with Crippen LogP contribution in [-0.4, -0.2) is 36.2 Å². The minimum atomic E-state index is 0. The van der Waals surface area contributed by atoms with Gasteiger partial charge in [-0.05, 0) is 45.2 Å². The Kier molecular flexibility index (Phi) is 7.70. The van der Waals surface area contributed by atoms with E-state index in [2.05, 4.69) is 57.0 Å². The maximum absolute atomic E-state index is 5.21. The molecule has 27 heavy (non-hydrogen) atoms. The van der Waals surface area contributed by atoms with Crippen molar-refractivity contribution in [1.29, 1.82) is 0 Å². The molecule has 146 valence electrons. The summed E-state index contributed by atoms with van der Waals surface area (Å²) < 4.78 is 5.21. The van der Waals surface area contributed by atoms with Gasteiger partial charge >= 0.3 is 0 Å². The number of aryl methyl sites for hydroxylation is 3. The van der Waals surface area contributed by atoms with Crippen LogP contribution < -0.4 is 10.6 Å². The Bertz CT molecular complexity index is 893. The zero-order valence-corrected chi connectivity index (χ0v) is 18.7. The number of aliphatic imine (C=N–C) groups is 1. The summed E-state index contributed by atoms with van der Waals surface area (Å²) in [6, 6.07) is 8.44. The third-order valence-corrected chi connectivity index (χ3v) is 4.77. The van der Waals surface area contributed by atoms with Gasteiger partial charge in [-0.1, -0.05) is 23.4 Å². The number of nitrogens with one attached hydrogen (secondary N) is 3. The Morgan fingerprint density at radius 3 is 2.37 bits per heavy atom. The summed E-state index contributed by atoms with van der Waals surface area (Å²) in [5.74, 6) is 1.70. The van der Waals surface area contributed by atoms with Gasteiger partial charge in [0.1, 0.15) is 5.76 Å². The molecule has 0 amide bonds. The van der Waals surface area contributed by atoms with E-state index in [0.717, 1.165) is 43.3 Å². The number of hydrogen-bond donors (Lipinski definition) is 3. The van der Waals surface area contributed by atoms with Gasteiger partial charge in [0, 0.05) is 42.3 Å². The number of benzene rings is 1. The van der Waals surface area contributed by atoms with E-state index in [-0.39, 0.29) is 24.0 Å². The minimum absolute atomic E-state index is 0. The summed E-state index contributed by atoms with van der Waals surface area (Å²) in [4.78, 5) is 7.75. The summed E-state index contributed by atoms with van der Waals surface area (Å²) in [6.45, 7) is 7.67. The van der Waals surface area contributed by atoms with Crippen molar-refractivity contribution in [1.82, 2.24) is 20.8 Å². The zero-order valence-electron chi connectivity index (χ0n) is 16.3. The standard InChI is InChI=1S/C20H27N5O.HI/c1-13-17(18-7-5-6-8-19(18)24-13)10-12-23-20(21-4)22-11-9-16-14(2)25-26-15(16)3;/h5-8,24H,9-12H2,1-4H3,(H2,21,22,23);1H. The van der Waals surface area contributed by atoms with Crippen LogP contribution in [0.25, 0.3) is 10.9 Å². The number of guanidine groups is 1. The van der Waals surface area contributed by atoms with Gasteiger partial charge in [0.2, 0.25) is 0 Å². The number of fused-ring (bicyclic) bond motifs is 1. The van der Waals surface area contributed by atoms with Gasteiger partial charge < -0.3 is 20.1 Å². The molecule has 0 aliphatic carbocycles. The number of rotatable bonds is 6. The van der Waals surface area contributed by atoms with E-state index >= 15 is 0 Å². The molecule has 1 aromatic carbocycles. The minimum Gasteiger partial charge on any atom is -0.361 e. The van der Waals surface area contributed by atoms with Crippen LogP contribution in [0, 0.1) is 20.8 Å². The Morgan fingerprint density at radius 1 is 1.07 bits per heavy atom. The van der Waals surface area contributed by atoms with Crippen molar-refractivity contribution in [3.63, 3.8) is 0 Å². The topological polar surface area (TPSA) is 78.2 Å². The molecule has 3 aromatic rings. The highest BCUT2D eigenvalue weighted by atomic mass is 127. The number of halogens is 1. The van der Waals surface area contributed by atoms with E-state index in [0.29, 0.717) is 0 Å². The van der Waals surface area contributed by atoms with Crippen LogP contribution in [0.2, 0.25) is 0 Å². The Balaban J connectivity index is 0.00000261. The van der Waals surface area contributed by atoms with E-state index in [9.17, 15) is 0 Å². The fourth-order valence-electron chi connectivity index (χ4n) is 3.35. The molecule has 0 fully saturated rings. The summed E-state index contributed by atoms with van der Waals surface area (Å²) in [5, 5.41) is 12.0. The van der Waals surface area contributed by atoms with Crippen LogP contribution in [0.1, 0.15) is 28.3 Å². The van der Waals surface area contributed by atoms with Gasteiger partial charge in [0.05, 0.1) is 5.69 Å². The van der Waals surface area contributed by atoms with Crippen molar-refractivity contribution >= 4 is 40.8 Å². The zero-order chi connectivity index (χ0) is 18.5. The molecular weight excluding hydrogens is 453 g/mol. The average molecular weight is 481 g/mol. The number of hydrogen-bond acceptors (Lipinski definition) is 3. The lowest BCUT2D eigenvalue weighted by atomic mass is 10.1. The molecule has 7 heteroatoms. The number of aromatic nitrogens is 2. The molecule has 6 nitrogen and oxygen atoms in total. The van der Waals surface area contributed by atoms with Gasteiger partial charge in [-0.15, -0.1) is 24.0 Å². The summed E-state index contributed by atoms with van der Waals surface area (Å²) in [5.41, 5.74) is 5.92. The van der Waals surface area contributed by atoms with E-state index in [1.165, 1.54) is 27.7 Å². The first-order valence-corrected chi connectivity index (χ1v) is 9.02. The van der Waals surface area contributed by atoms with Crippen LogP contribution in [0.5, 0.6) is 0 Å². The summed E-state index contributed by atoms with van der Waals surface area (Å²) in [6.07, 6.45) is 1.81. The van der Waals surface area contributed by atoms with Gasteiger partial charge in [-0.2, -0.15) is 0 Å². The molecule has 3 N–H and O–H groups in total. The first-order chi connectivity index (χ1) is 12.6. The van der Waals surface area contributed by atoms with Gasteiger partial charge in [0.25, 0.3) is 0 Å². The van der Waals surface area contributed by atoms with Crippen molar-refractivity contribution in [2.45, 2.75) is 33.6 Å². The van der Waals surface area contributed by atoms with Crippen molar-refractivity contribution in [2.75, 3.05) is 20.1 Å². The van der Waals surface area contributed by atoms with E-state index < -0.39 is 0 Å². The lowest BCUT2D eigenvalue weighted by Gasteiger charge is -2.12. The molecule has 0 aliphatic heterocycles. The molecular formula is C20H28IN5O. The lowest BCUT2D eigenvalue weighted by Crippen LogP contribution is -2.39. The monoisotopic (exact) mass is 481 g/mol. The van der Waals surface area contributed by atoms with Gasteiger partial charge in [0.15, 0.2) is 5.96 Å². The molecule has 0 aliphatic rings. The van der Waals surface area contributed by atoms with E-state index in [4.69, 9.17) is 4.52 Å². The first kappa shape index (κ1) is 21.3. The van der Waals surface area contributed by atoms with E-state index in [1.54, 1.807) is 7.05 Å². The predicted octanol–water partition coefficient (Wildman–Crippen LogP) is 3.65. The number of nitrogens with zero attached hydrogens (tertiary/aromatic N) is 2. The third-order valence-electron chi connectivity index (χ3n) is 4.77. The Morgan fingerprint density at radius 2 is 1.74 bits per heavy atom. The second-order valence-electron chi connectivity index (χ2n) is 6.50. The molecule has 0 radical (unpaired) electrons. The third kappa shape index (κ3) is 5.03. The Hall–Kier alpha value is -2.03. The van der Waals surface area contributed by atoms with Crippen LogP contribution >= 0.6 is 24.0 Å². The normalized spacial score (nSPS) is 11.5. The SMILES string of the molecule is CN=C(NCCc1c(C)noc1C)NCCc1c(C)[nH]c2ccccc12.I. The molecule has 0 atom stereocenters. The fourth-order valence-corrected chi connectivity index (χ4v) is 3.35. The van der Waals surface area contributed by atoms with E-state index in [1.807, 2.05) is 13.8 Å². The molecule has 0 saturated heterocycles. The number of para-hydroxylation sites is 1. The van der Waals surface area contributed by atoms with Gasteiger partial charge in [-0.3, -0.25) is 4.99 Å². The number of H-pyrrole nitrogens is 1. The van der Waals surface area contributed by atoms with Crippen LogP contribution in [0.3, 0.4) is 0 Å². The highest BCUT2D eigenvalue weighted by molar-refractivity contribution is 14.0. The maximum Gasteiger partial charge on any atom is 0.190 e. The average Bonchev–Trinajstić information content (AvgIpc) is 3.13. The highest BCUT2D eigenvalue weighted by Crippen LogP contribution is 2.21. The summed E-state index contributed by atoms with van der Waals surface area (Å²) >= 11 is 0. The van der Waals surface area contributed by atoms with Crippen molar-refractivity contribution in [2.24, 2.45) is 4.99 Å². The van der Waals surface area contributed by atoms with Gasteiger partial charge in [-0.25, -0.2) is 0 Å². The molecule has 0 spiro atoms. The lowest BCUT2D eigenvalue weighted by molar-refractivity contribution is 0.392. The van der Waals surface area contributed by atoms with Crippen LogP contribution in [0.4, 0.5) is 0 Å². The second-order valence-corrected chi connectivity index (χ2v) is 6.50.